The molecule has 0 bridgehead atoms. The van der Waals surface area contributed by atoms with Crippen LogP contribution in [0.1, 0.15) is 33.6 Å². The van der Waals surface area contributed by atoms with Crippen LogP contribution < -0.4 is 5.32 Å². The van der Waals surface area contributed by atoms with E-state index < -0.39 is 0 Å². The first-order valence-corrected chi connectivity index (χ1v) is 7.14. The maximum atomic E-state index is 6.10. The van der Waals surface area contributed by atoms with Gasteiger partial charge in [0, 0.05) is 23.6 Å². The number of ether oxygens (including phenoxy) is 1. The van der Waals surface area contributed by atoms with E-state index in [1.54, 1.807) is 0 Å². The molecular weight excluding hydrogens is 206 g/mol. The van der Waals surface area contributed by atoms with E-state index in [1.165, 1.54) is 24.3 Å². The topological polar surface area (TPSA) is 21.3 Å². The normalized spacial score (nSPS) is 41.4. The molecule has 2 atom stereocenters. The second-order valence-electron chi connectivity index (χ2n) is 5.83. The van der Waals surface area contributed by atoms with Gasteiger partial charge in [0.1, 0.15) is 5.72 Å². The summed E-state index contributed by atoms with van der Waals surface area (Å²) in [6, 6.07) is 0. The van der Waals surface area contributed by atoms with Crippen LogP contribution in [0.15, 0.2) is 0 Å². The van der Waals surface area contributed by atoms with Crippen molar-refractivity contribution in [3.8, 4) is 0 Å². The van der Waals surface area contributed by atoms with E-state index in [1.807, 2.05) is 0 Å². The highest BCUT2D eigenvalue weighted by atomic mass is 32.2. The minimum atomic E-state index is -0.0665. The Hall–Kier alpha value is 0.270. The molecule has 3 heteroatoms. The van der Waals surface area contributed by atoms with Crippen LogP contribution in [0.4, 0.5) is 0 Å². The second kappa shape index (κ2) is 4.27. The zero-order valence-electron chi connectivity index (χ0n) is 10.1. The van der Waals surface area contributed by atoms with E-state index >= 15 is 0 Å². The van der Waals surface area contributed by atoms with Crippen molar-refractivity contribution in [3.63, 3.8) is 0 Å². The number of thioether (sulfide) groups is 1. The smallest absolute Gasteiger partial charge is 0.120 e. The summed E-state index contributed by atoms with van der Waals surface area (Å²) in [7, 11) is 0. The number of hydrogen-bond acceptors (Lipinski definition) is 3. The third-order valence-electron chi connectivity index (χ3n) is 3.62. The van der Waals surface area contributed by atoms with Crippen molar-refractivity contribution in [2.24, 2.45) is 11.3 Å². The zero-order chi connectivity index (χ0) is 10.9. The van der Waals surface area contributed by atoms with Crippen LogP contribution >= 0.6 is 11.8 Å². The summed E-state index contributed by atoms with van der Waals surface area (Å²) in [6.45, 7) is 8.71. The predicted octanol–water partition coefficient (Wildman–Crippen LogP) is 2.49. The lowest BCUT2D eigenvalue weighted by Gasteiger charge is -2.47. The largest absolute Gasteiger partial charge is 0.360 e. The van der Waals surface area contributed by atoms with Gasteiger partial charge < -0.3 is 4.74 Å². The summed E-state index contributed by atoms with van der Waals surface area (Å²) in [4.78, 5) is 0. The SMILES string of the molecule is CC1(C)CNC(C)(C2CCCSC2)OC1. The van der Waals surface area contributed by atoms with Crippen LogP contribution in [0.2, 0.25) is 0 Å². The van der Waals surface area contributed by atoms with E-state index in [9.17, 15) is 0 Å². The van der Waals surface area contributed by atoms with Crippen molar-refractivity contribution < 1.29 is 4.74 Å². The quantitative estimate of drug-likeness (QED) is 0.746. The van der Waals surface area contributed by atoms with E-state index in [2.05, 4.69) is 37.8 Å². The third-order valence-corrected chi connectivity index (χ3v) is 4.84. The summed E-state index contributed by atoms with van der Waals surface area (Å²) < 4.78 is 6.10. The molecule has 2 aliphatic rings. The highest BCUT2D eigenvalue weighted by molar-refractivity contribution is 7.99. The Morgan fingerprint density at radius 2 is 2.13 bits per heavy atom. The maximum Gasteiger partial charge on any atom is 0.120 e. The lowest BCUT2D eigenvalue weighted by atomic mass is 9.87. The van der Waals surface area contributed by atoms with Gasteiger partial charge in [-0.1, -0.05) is 13.8 Å². The van der Waals surface area contributed by atoms with E-state index in [0.29, 0.717) is 11.3 Å². The Morgan fingerprint density at radius 1 is 1.33 bits per heavy atom. The molecule has 88 valence electrons. The molecule has 0 aliphatic carbocycles. The molecule has 0 aromatic rings. The first-order valence-electron chi connectivity index (χ1n) is 5.99. The summed E-state index contributed by atoms with van der Waals surface area (Å²) in [5, 5.41) is 3.62. The van der Waals surface area contributed by atoms with Gasteiger partial charge in [0.2, 0.25) is 0 Å². The third kappa shape index (κ3) is 2.69. The van der Waals surface area contributed by atoms with Crippen LogP contribution in [-0.4, -0.2) is 30.4 Å². The van der Waals surface area contributed by atoms with Gasteiger partial charge in [-0.3, -0.25) is 5.32 Å². The Morgan fingerprint density at radius 3 is 2.67 bits per heavy atom. The van der Waals surface area contributed by atoms with Crippen molar-refractivity contribution in [2.75, 3.05) is 24.7 Å². The molecule has 2 heterocycles. The van der Waals surface area contributed by atoms with Gasteiger partial charge in [-0.15, -0.1) is 0 Å². The molecule has 2 rings (SSSR count). The monoisotopic (exact) mass is 229 g/mol. The van der Waals surface area contributed by atoms with Crippen molar-refractivity contribution in [1.82, 2.24) is 5.32 Å². The van der Waals surface area contributed by atoms with Gasteiger partial charge >= 0.3 is 0 Å². The van der Waals surface area contributed by atoms with Crippen molar-refractivity contribution in [3.05, 3.63) is 0 Å². The van der Waals surface area contributed by atoms with Crippen LogP contribution in [0.3, 0.4) is 0 Å². The van der Waals surface area contributed by atoms with Crippen molar-refractivity contribution in [1.29, 1.82) is 0 Å². The van der Waals surface area contributed by atoms with E-state index in [0.717, 1.165) is 13.2 Å². The van der Waals surface area contributed by atoms with Gasteiger partial charge in [0.15, 0.2) is 0 Å². The molecule has 1 N–H and O–H groups in total. The second-order valence-corrected chi connectivity index (χ2v) is 6.98. The van der Waals surface area contributed by atoms with Gasteiger partial charge in [-0.05, 0) is 25.5 Å². The lowest BCUT2D eigenvalue weighted by Crippen LogP contribution is -2.60. The minimum Gasteiger partial charge on any atom is -0.360 e. The summed E-state index contributed by atoms with van der Waals surface area (Å²) in [5.41, 5.74) is 0.226. The van der Waals surface area contributed by atoms with Gasteiger partial charge in [0.05, 0.1) is 6.61 Å². The molecule has 2 nitrogen and oxygen atoms in total. The first-order chi connectivity index (χ1) is 7.02. The Bertz CT molecular complexity index is 214. The highest BCUT2D eigenvalue weighted by Gasteiger charge is 2.41. The molecule has 0 radical (unpaired) electrons. The standard InChI is InChI=1S/C12H23NOS/c1-11(2)8-13-12(3,14-9-11)10-5-4-6-15-7-10/h10,13H,4-9H2,1-3H3. The van der Waals surface area contributed by atoms with Crippen LogP contribution in [-0.2, 0) is 4.74 Å². The average Bonchev–Trinajstić information content (AvgIpc) is 2.24. The minimum absolute atomic E-state index is 0.0665. The van der Waals surface area contributed by atoms with E-state index in [4.69, 9.17) is 4.74 Å². The molecule has 0 amide bonds. The molecular formula is C12H23NOS. The van der Waals surface area contributed by atoms with Crippen molar-refractivity contribution >= 4 is 11.8 Å². The summed E-state index contributed by atoms with van der Waals surface area (Å²) >= 11 is 2.08. The lowest BCUT2D eigenvalue weighted by molar-refractivity contribution is -0.154. The molecule has 2 aliphatic heterocycles. The Balaban J connectivity index is 1.95. The molecule has 2 saturated heterocycles. The highest BCUT2D eigenvalue weighted by Crippen LogP contribution is 2.35. The molecule has 2 unspecified atom stereocenters. The molecule has 0 aromatic heterocycles. The van der Waals surface area contributed by atoms with Gasteiger partial charge in [0.25, 0.3) is 0 Å². The number of rotatable bonds is 1. The summed E-state index contributed by atoms with van der Waals surface area (Å²) in [6.07, 6.45) is 2.66. The van der Waals surface area contributed by atoms with Crippen LogP contribution in [0, 0.1) is 11.3 Å². The fourth-order valence-corrected chi connectivity index (χ4v) is 3.61. The molecule has 15 heavy (non-hydrogen) atoms. The number of hydrogen-bond donors (Lipinski definition) is 1. The Labute approximate surface area is 97.5 Å². The zero-order valence-corrected chi connectivity index (χ0v) is 11.0. The maximum absolute atomic E-state index is 6.10. The van der Waals surface area contributed by atoms with Gasteiger partial charge in [-0.2, -0.15) is 11.8 Å². The average molecular weight is 229 g/mol. The predicted molar refractivity (Wildman–Crippen MR) is 66.2 cm³/mol. The molecule has 2 fully saturated rings. The molecule has 0 spiro atoms. The summed E-state index contributed by atoms with van der Waals surface area (Å²) in [5.74, 6) is 3.27. The first kappa shape index (κ1) is 11.7. The van der Waals surface area contributed by atoms with E-state index in [-0.39, 0.29) is 5.72 Å². The molecule has 0 aromatic carbocycles. The fraction of sp³-hybridized carbons (Fsp3) is 1.00. The number of nitrogens with one attached hydrogen (secondary N) is 1. The molecule has 0 saturated carbocycles. The fourth-order valence-electron chi connectivity index (χ4n) is 2.30. The van der Waals surface area contributed by atoms with Crippen LogP contribution in [0.25, 0.3) is 0 Å². The van der Waals surface area contributed by atoms with Crippen LogP contribution in [0.5, 0.6) is 0 Å². The van der Waals surface area contributed by atoms with Gasteiger partial charge in [-0.25, -0.2) is 0 Å². The van der Waals surface area contributed by atoms with Crippen molar-refractivity contribution in [2.45, 2.75) is 39.3 Å². The Kier molecular flexibility index (Phi) is 3.34.